The first-order valence-corrected chi connectivity index (χ1v) is 6.27. The van der Waals surface area contributed by atoms with Gasteiger partial charge in [-0.25, -0.2) is 0 Å². The largest absolute Gasteiger partial charge is 0.336 e. The molecule has 17 heavy (non-hydrogen) atoms. The zero-order valence-corrected chi connectivity index (χ0v) is 11.1. The Balaban J connectivity index is 2.17. The Morgan fingerprint density at radius 2 is 1.82 bits per heavy atom. The van der Waals surface area contributed by atoms with Crippen LogP contribution < -0.4 is 0 Å². The van der Waals surface area contributed by atoms with Gasteiger partial charge in [0.2, 0.25) is 0 Å². The van der Waals surface area contributed by atoms with Gasteiger partial charge in [0.25, 0.3) is 5.91 Å². The Labute approximate surface area is 111 Å². The van der Waals surface area contributed by atoms with Crippen molar-refractivity contribution in [2.75, 3.05) is 33.2 Å². The van der Waals surface area contributed by atoms with E-state index in [0.29, 0.717) is 15.6 Å². The predicted octanol–water partition coefficient (Wildman–Crippen LogP) is 2.38. The van der Waals surface area contributed by atoms with Gasteiger partial charge in [0.1, 0.15) is 0 Å². The molecular weight excluding hydrogens is 259 g/mol. The first kappa shape index (κ1) is 12.7. The molecule has 2 rings (SSSR count). The van der Waals surface area contributed by atoms with Crippen LogP contribution in [0, 0.1) is 0 Å². The number of amides is 1. The second-order valence-electron chi connectivity index (χ2n) is 4.20. The van der Waals surface area contributed by atoms with Crippen LogP contribution in [-0.4, -0.2) is 48.9 Å². The van der Waals surface area contributed by atoms with E-state index in [-0.39, 0.29) is 5.91 Å². The van der Waals surface area contributed by atoms with Gasteiger partial charge >= 0.3 is 0 Å². The fourth-order valence-electron chi connectivity index (χ4n) is 1.85. The third-order valence-corrected chi connectivity index (χ3v) is 3.79. The number of halogens is 2. The van der Waals surface area contributed by atoms with Gasteiger partial charge in [-0.2, -0.15) is 0 Å². The molecule has 1 aromatic rings. The average molecular weight is 273 g/mol. The molecule has 0 spiro atoms. The van der Waals surface area contributed by atoms with Gasteiger partial charge in [0.05, 0.1) is 15.6 Å². The second kappa shape index (κ2) is 5.25. The fourth-order valence-corrected chi connectivity index (χ4v) is 2.23. The molecule has 1 aliphatic rings. The molecule has 1 fully saturated rings. The number of hydrogen-bond acceptors (Lipinski definition) is 2. The maximum atomic E-state index is 12.2. The van der Waals surface area contributed by atoms with E-state index in [9.17, 15) is 4.79 Å². The van der Waals surface area contributed by atoms with Gasteiger partial charge in [-0.1, -0.05) is 29.3 Å². The Hall–Kier alpha value is -0.770. The van der Waals surface area contributed by atoms with Crippen molar-refractivity contribution in [3.05, 3.63) is 33.8 Å². The molecule has 0 unspecified atom stereocenters. The van der Waals surface area contributed by atoms with Crippen LogP contribution in [0.25, 0.3) is 0 Å². The molecule has 0 atom stereocenters. The van der Waals surface area contributed by atoms with Crippen molar-refractivity contribution in [2.45, 2.75) is 0 Å². The summed E-state index contributed by atoms with van der Waals surface area (Å²) in [6, 6.07) is 5.15. The number of carbonyl (C=O) groups is 1. The number of likely N-dealkylation sites (N-methyl/N-ethyl adjacent to an activating group) is 1. The fraction of sp³-hybridized carbons (Fsp3) is 0.417. The molecule has 5 heteroatoms. The van der Waals surface area contributed by atoms with Crippen molar-refractivity contribution in [1.29, 1.82) is 0 Å². The number of nitrogens with zero attached hydrogens (tertiary/aromatic N) is 2. The van der Waals surface area contributed by atoms with E-state index < -0.39 is 0 Å². The highest BCUT2D eigenvalue weighted by Crippen LogP contribution is 2.26. The number of benzene rings is 1. The highest BCUT2D eigenvalue weighted by Gasteiger charge is 2.22. The van der Waals surface area contributed by atoms with Crippen molar-refractivity contribution in [1.82, 2.24) is 9.80 Å². The molecular formula is C12H14Cl2N2O. The van der Waals surface area contributed by atoms with Crippen LogP contribution in [0.2, 0.25) is 10.0 Å². The molecule has 92 valence electrons. The summed E-state index contributed by atoms with van der Waals surface area (Å²) in [5, 5.41) is 0.768. The molecule has 0 aromatic heterocycles. The summed E-state index contributed by atoms with van der Waals surface area (Å²) in [6.45, 7) is 3.25. The van der Waals surface area contributed by atoms with E-state index in [1.165, 1.54) is 0 Å². The van der Waals surface area contributed by atoms with Gasteiger partial charge < -0.3 is 9.80 Å². The van der Waals surface area contributed by atoms with Crippen LogP contribution in [-0.2, 0) is 0 Å². The summed E-state index contributed by atoms with van der Waals surface area (Å²) in [5.74, 6) is -0.0365. The lowest BCUT2D eigenvalue weighted by Crippen LogP contribution is -2.47. The molecule has 0 aliphatic carbocycles. The van der Waals surface area contributed by atoms with Crippen molar-refractivity contribution in [2.24, 2.45) is 0 Å². The van der Waals surface area contributed by atoms with E-state index in [0.717, 1.165) is 26.2 Å². The summed E-state index contributed by atoms with van der Waals surface area (Å²) >= 11 is 12.0. The highest BCUT2D eigenvalue weighted by molar-refractivity contribution is 6.43. The van der Waals surface area contributed by atoms with Crippen molar-refractivity contribution < 1.29 is 4.79 Å². The maximum absolute atomic E-state index is 12.2. The summed E-state index contributed by atoms with van der Waals surface area (Å²) in [4.78, 5) is 16.3. The third-order valence-electron chi connectivity index (χ3n) is 2.97. The predicted molar refractivity (Wildman–Crippen MR) is 69.9 cm³/mol. The standard InChI is InChI=1S/C12H14Cl2N2O/c1-15-5-7-16(8-6-15)12(17)9-3-2-4-10(13)11(9)14/h2-4H,5-8H2,1H3. The molecule has 1 heterocycles. The number of hydrogen-bond donors (Lipinski definition) is 0. The molecule has 0 bridgehead atoms. The van der Waals surface area contributed by atoms with Crippen molar-refractivity contribution >= 4 is 29.1 Å². The summed E-state index contributed by atoms with van der Waals surface area (Å²) < 4.78 is 0. The van der Waals surface area contributed by atoms with Crippen LogP contribution in [0.4, 0.5) is 0 Å². The summed E-state index contributed by atoms with van der Waals surface area (Å²) in [7, 11) is 2.05. The van der Waals surface area contributed by atoms with Crippen LogP contribution in [0.15, 0.2) is 18.2 Å². The quantitative estimate of drug-likeness (QED) is 0.784. The van der Waals surface area contributed by atoms with Gasteiger partial charge in [-0.05, 0) is 19.2 Å². The first-order valence-electron chi connectivity index (χ1n) is 5.51. The van der Waals surface area contributed by atoms with Crippen LogP contribution in [0.3, 0.4) is 0 Å². The van der Waals surface area contributed by atoms with Crippen LogP contribution in [0.5, 0.6) is 0 Å². The topological polar surface area (TPSA) is 23.6 Å². The first-order chi connectivity index (χ1) is 8.09. The molecule has 1 amide bonds. The number of rotatable bonds is 1. The van der Waals surface area contributed by atoms with Gasteiger partial charge in [0.15, 0.2) is 0 Å². The summed E-state index contributed by atoms with van der Waals surface area (Å²) in [5.41, 5.74) is 0.490. The second-order valence-corrected chi connectivity index (χ2v) is 4.98. The average Bonchev–Trinajstić information content (AvgIpc) is 2.33. The molecule has 1 aliphatic heterocycles. The lowest BCUT2D eigenvalue weighted by molar-refractivity contribution is 0.0664. The van der Waals surface area contributed by atoms with Crippen molar-refractivity contribution in [3.8, 4) is 0 Å². The normalized spacial score (nSPS) is 17.2. The zero-order chi connectivity index (χ0) is 12.4. The Morgan fingerprint density at radius 1 is 1.18 bits per heavy atom. The van der Waals surface area contributed by atoms with Crippen molar-refractivity contribution in [3.63, 3.8) is 0 Å². The van der Waals surface area contributed by atoms with E-state index in [4.69, 9.17) is 23.2 Å². The molecule has 1 saturated heterocycles. The van der Waals surface area contributed by atoms with Crippen LogP contribution >= 0.6 is 23.2 Å². The third kappa shape index (κ3) is 2.73. The maximum Gasteiger partial charge on any atom is 0.255 e. The molecule has 1 aromatic carbocycles. The smallest absolute Gasteiger partial charge is 0.255 e. The monoisotopic (exact) mass is 272 g/mol. The molecule has 3 nitrogen and oxygen atoms in total. The SMILES string of the molecule is CN1CCN(C(=O)c2cccc(Cl)c2Cl)CC1. The molecule has 0 radical (unpaired) electrons. The minimum absolute atomic E-state index is 0.0365. The van der Waals surface area contributed by atoms with E-state index in [2.05, 4.69) is 4.90 Å². The van der Waals surface area contributed by atoms with Gasteiger partial charge in [-0.15, -0.1) is 0 Å². The number of piperazine rings is 1. The zero-order valence-electron chi connectivity index (χ0n) is 9.62. The highest BCUT2D eigenvalue weighted by atomic mass is 35.5. The minimum Gasteiger partial charge on any atom is -0.336 e. The van der Waals surface area contributed by atoms with Gasteiger partial charge in [-0.3, -0.25) is 4.79 Å². The lowest BCUT2D eigenvalue weighted by Gasteiger charge is -2.32. The molecule has 0 N–H and O–H groups in total. The van der Waals surface area contributed by atoms with E-state index in [1.807, 2.05) is 11.9 Å². The van der Waals surface area contributed by atoms with E-state index in [1.54, 1.807) is 18.2 Å². The Morgan fingerprint density at radius 3 is 2.47 bits per heavy atom. The lowest BCUT2D eigenvalue weighted by atomic mass is 10.2. The minimum atomic E-state index is -0.0365. The Kier molecular flexibility index (Phi) is 3.92. The van der Waals surface area contributed by atoms with Crippen LogP contribution in [0.1, 0.15) is 10.4 Å². The summed E-state index contributed by atoms with van der Waals surface area (Å²) in [6.07, 6.45) is 0. The number of carbonyl (C=O) groups excluding carboxylic acids is 1. The Bertz CT molecular complexity index is 429. The van der Waals surface area contributed by atoms with E-state index >= 15 is 0 Å². The molecule has 0 saturated carbocycles. The van der Waals surface area contributed by atoms with Gasteiger partial charge in [0, 0.05) is 26.2 Å².